The average molecular weight is 219 g/mol. The summed E-state index contributed by atoms with van der Waals surface area (Å²) >= 11 is 0. The van der Waals surface area contributed by atoms with Crippen LogP contribution in [0.25, 0.3) is 0 Å². The second kappa shape index (κ2) is 4.43. The van der Waals surface area contributed by atoms with E-state index in [9.17, 15) is 18.7 Å². The fourth-order valence-corrected chi connectivity index (χ4v) is 1.11. The molecule has 0 amide bonds. The van der Waals surface area contributed by atoms with Crippen LogP contribution in [-0.4, -0.2) is 32.5 Å². The number of aromatic nitrogens is 3. The molecule has 0 radical (unpaired) electrons. The van der Waals surface area contributed by atoms with Gasteiger partial charge in [-0.1, -0.05) is 5.21 Å². The molecular weight excluding hydrogens is 208 g/mol. The summed E-state index contributed by atoms with van der Waals surface area (Å²) in [6, 6.07) is -0.657. The third kappa shape index (κ3) is 2.17. The van der Waals surface area contributed by atoms with Crippen molar-refractivity contribution < 1.29 is 18.7 Å². The zero-order valence-electron chi connectivity index (χ0n) is 8.26. The molecule has 5 nitrogen and oxygen atoms in total. The summed E-state index contributed by atoms with van der Waals surface area (Å²) < 4.78 is 26.1. The van der Waals surface area contributed by atoms with Gasteiger partial charge < -0.3 is 5.11 Å². The highest BCUT2D eigenvalue weighted by Gasteiger charge is 2.25. The quantitative estimate of drug-likeness (QED) is 0.766. The van der Waals surface area contributed by atoms with Crippen LogP contribution in [0, 0.1) is 0 Å². The molecule has 15 heavy (non-hydrogen) atoms. The van der Waals surface area contributed by atoms with Crippen LogP contribution < -0.4 is 0 Å². The Hall–Kier alpha value is -1.37. The number of carbonyl (C=O) groups excluding carboxylic acids is 1. The molecule has 0 bridgehead atoms. The van der Waals surface area contributed by atoms with Crippen LogP contribution >= 0.6 is 0 Å². The van der Waals surface area contributed by atoms with Gasteiger partial charge in [0.05, 0.1) is 12.1 Å². The van der Waals surface area contributed by atoms with E-state index in [2.05, 4.69) is 10.3 Å². The Kier molecular flexibility index (Phi) is 3.46. The van der Waals surface area contributed by atoms with E-state index in [1.54, 1.807) is 0 Å². The second-order valence-corrected chi connectivity index (χ2v) is 3.20. The molecule has 1 aromatic heterocycles. The van der Waals surface area contributed by atoms with Crippen LogP contribution in [0.4, 0.5) is 8.78 Å². The Bertz CT molecular complexity index is 352. The molecule has 1 heterocycles. The molecule has 0 fully saturated rings. The zero-order chi connectivity index (χ0) is 11.6. The van der Waals surface area contributed by atoms with Gasteiger partial charge >= 0.3 is 0 Å². The highest BCUT2D eigenvalue weighted by molar-refractivity contribution is 5.73. The van der Waals surface area contributed by atoms with E-state index in [1.807, 2.05) is 0 Å². The molecule has 0 saturated carbocycles. The summed E-state index contributed by atoms with van der Waals surface area (Å²) in [7, 11) is 0. The normalized spacial score (nSPS) is 15.3. The molecule has 1 N–H and O–H groups in total. The summed E-state index contributed by atoms with van der Waals surface area (Å²) in [6.07, 6.45) is -3.48. The fraction of sp³-hybridized carbons (Fsp3) is 0.625. The number of aldehydes is 1. The minimum atomic E-state index is -2.85. The van der Waals surface area contributed by atoms with Crippen molar-refractivity contribution in [3.63, 3.8) is 0 Å². The summed E-state index contributed by atoms with van der Waals surface area (Å²) in [6.45, 7) is 2.96. The summed E-state index contributed by atoms with van der Waals surface area (Å²) in [5.74, 6) is 0. The third-order valence-electron chi connectivity index (χ3n) is 2.16. The first kappa shape index (κ1) is 11.7. The monoisotopic (exact) mass is 219 g/mol. The Labute approximate surface area is 84.7 Å². The molecule has 0 spiro atoms. The van der Waals surface area contributed by atoms with Crippen LogP contribution in [0.15, 0.2) is 0 Å². The fourth-order valence-electron chi connectivity index (χ4n) is 1.11. The molecule has 0 aliphatic heterocycles. The molecule has 0 aliphatic rings. The molecular formula is C8H11F2N3O2. The molecule has 0 aliphatic carbocycles. The van der Waals surface area contributed by atoms with Crippen molar-refractivity contribution in [1.82, 2.24) is 15.0 Å². The van der Waals surface area contributed by atoms with E-state index >= 15 is 0 Å². The lowest BCUT2D eigenvalue weighted by Crippen LogP contribution is -2.21. The first-order valence-electron chi connectivity index (χ1n) is 4.35. The summed E-state index contributed by atoms with van der Waals surface area (Å²) in [5, 5.41) is 16.0. The molecule has 2 unspecified atom stereocenters. The van der Waals surface area contributed by atoms with Crippen molar-refractivity contribution in [2.75, 3.05) is 0 Å². The van der Waals surface area contributed by atoms with Crippen LogP contribution in [0.2, 0.25) is 0 Å². The number of carbonyl (C=O) groups is 1. The van der Waals surface area contributed by atoms with Crippen LogP contribution in [0.1, 0.15) is 42.5 Å². The Balaban J connectivity index is 3.18. The number of aliphatic hydroxyl groups is 1. The van der Waals surface area contributed by atoms with Crippen molar-refractivity contribution >= 4 is 6.29 Å². The van der Waals surface area contributed by atoms with Crippen molar-refractivity contribution in [3.8, 4) is 0 Å². The topological polar surface area (TPSA) is 68.0 Å². The van der Waals surface area contributed by atoms with Crippen LogP contribution in [-0.2, 0) is 0 Å². The van der Waals surface area contributed by atoms with Gasteiger partial charge in [0, 0.05) is 0 Å². The maximum absolute atomic E-state index is 12.6. The number of aliphatic hydroxyl groups excluding tert-OH is 1. The van der Waals surface area contributed by atoms with Gasteiger partial charge in [-0.05, 0) is 13.8 Å². The average Bonchev–Trinajstić information content (AvgIpc) is 2.59. The van der Waals surface area contributed by atoms with Crippen molar-refractivity contribution in [2.24, 2.45) is 0 Å². The predicted octanol–water partition coefficient (Wildman–Crippen LogP) is 0.970. The summed E-state index contributed by atoms with van der Waals surface area (Å²) in [5.41, 5.74) is -0.948. The van der Waals surface area contributed by atoms with Crippen LogP contribution in [0.5, 0.6) is 0 Å². The number of alkyl halides is 2. The molecule has 0 aromatic carbocycles. The highest BCUT2D eigenvalue weighted by Crippen LogP contribution is 2.24. The van der Waals surface area contributed by atoms with Crippen molar-refractivity contribution in [1.29, 1.82) is 0 Å². The van der Waals surface area contributed by atoms with E-state index in [0.29, 0.717) is 0 Å². The van der Waals surface area contributed by atoms with E-state index in [-0.39, 0.29) is 6.29 Å². The van der Waals surface area contributed by atoms with Gasteiger partial charge in [-0.25, -0.2) is 13.5 Å². The van der Waals surface area contributed by atoms with Crippen molar-refractivity contribution in [3.05, 3.63) is 11.4 Å². The molecule has 2 atom stereocenters. The Morgan fingerprint density at radius 3 is 2.47 bits per heavy atom. The largest absolute Gasteiger partial charge is 0.391 e. The Morgan fingerprint density at radius 1 is 1.47 bits per heavy atom. The SMILES string of the molecule is CC(O)C(C)n1nnc(C=O)c1C(F)F. The highest BCUT2D eigenvalue weighted by atomic mass is 19.3. The number of hydrogen-bond donors (Lipinski definition) is 1. The van der Waals surface area contributed by atoms with Crippen LogP contribution in [0.3, 0.4) is 0 Å². The number of halogens is 2. The van der Waals surface area contributed by atoms with Gasteiger partial charge in [-0.2, -0.15) is 0 Å². The van der Waals surface area contributed by atoms with E-state index in [1.165, 1.54) is 13.8 Å². The van der Waals surface area contributed by atoms with Gasteiger partial charge in [-0.3, -0.25) is 4.79 Å². The maximum atomic E-state index is 12.6. The van der Waals surface area contributed by atoms with Crippen molar-refractivity contribution in [2.45, 2.75) is 32.4 Å². The molecule has 1 rings (SSSR count). The van der Waals surface area contributed by atoms with E-state index in [4.69, 9.17) is 0 Å². The van der Waals surface area contributed by atoms with Gasteiger partial charge in [-0.15, -0.1) is 5.10 Å². The van der Waals surface area contributed by atoms with Gasteiger partial charge in [0.25, 0.3) is 6.43 Å². The minimum Gasteiger partial charge on any atom is -0.391 e. The molecule has 1 aromatic rings. The summed E-state index contributed by atoms with van der Waals surface area (Å²) in [4.78, 5) is 10.4. The number of hydrogen-bond acceptors (Lipinski definition) is 4. The Morgan fingerprint density at radius 2 is 2.07 bits per heavy atom. The maximum Gasteiger partial charge on any atom is 0.282 e. The lowest BCUT2D eigenvalue weighted by Gasteiger charge is -2.16. The van der Waals surface area contributed by atoms with E-state index in [0.717, 1.165) is 4.68 Å². The smallest absolute Gasteiger partial charge is 0.282 e. The first-order chi connectivity index (χ1) is 6.99. The van der Waals surface area contributed by atoms with Gasteiger partial charge in [0.2, 0.25) is 0 Å². The lowest BCUT2D eigenvalue weighted by molar-refractivity contribution is 0.101. The lowest BCUT2D eigenvalue weighted by atomic mass is 10.2. The second-order valence-electron chi connectivity index (χ2n) is 3.20. The van der Waals surface area contributed by atoms with Gasteiger partial charge in [0.15, 0.2) is 12.0 Å². The zero-order valence-corrected chi connectivity index (χ0v) is 8.26. The number of rotatable bonds is 4. The predicted molar refractivity (Wildman–Crippen MR) is 46.8 cm³/mol. The first-order valence-corrected chi connectivity index (χ1v) is 4.35. The minimum absolute atomic E-state index is 0.222. The van der Waals surface area contributed by atoms with E-state index < -0.39 is 30.0 Å². The molecule has 84 valence electrons. The third-order valence-corrected chi connectivity index (χ3v) is 2.16. The van der Waals surface area contributed by atoms with Gasteiger partial charge in [0.1, 0.15) is 5.69 Å². The molecule has 7 heteroatoms. The molecule has 0 saturated heterocycles. The number of nitrogens with zero attached hydrogens (tertiary/aromatic N) is 3. The standard InChI is InChI=1S/C8H11F2N3O2/c1-4(5(2)15)13-7(8(9)10)6(3-14)11-12-13/h3-5,8,15H,1-2H3.